The van der Waals surface area contributed by atoms with Crippen molar-refractivity contribution in [2.24, 2.45) is 0 Å². The monoisotopic (exact) mass is 495 g/mol. The van der Waals surface area contributed by atoms with E-state index in [1.54, 1.807) is 12.4 Å². The van der Waals surface area contributed by atoms with E-state index in [1.807, 2.05) is 37.3 Å². The Hall–Kier alpha value is -3.56. The van der Waals surface area contributed by atoms with Crippen LogP contribution in [0.4, 0.5) is 4.39 Å². The second-order valence-corrected chi connectivity index (χ2v) is 10.1. The zero-order valence-electron chi connectivity index (χ0n) is 19.2. The predicted octanol–water partition coefficient (Wildman–Crippen LogP) is 4.07. The van der Waals surface area contributed by atoms with Crippen LogP contribution in [0.5, 0.6) is 0 Å². The van der Waals surface area contributed by atoms with Crippen LogP contribution in [0.25, 0.3) is 10.9 Å². The van der Waals surface area contributed by atoms with Crippen LogP contribution in [0.3, 0.4) is 0 Å². The summed E-state index contributed by atoms with van der Waals surface area (Å²) < 4.78 is 43.0. The number of halogens is 1. The number of aryl methyl sites for hydroxylation is 1. The predicted molar refractivity (Wildman–Crippen MR) is 131 cm³/mol. The highest BCUT2D eigenvalue weighted by atomic mass is 32.2. The summed E-state index contributed by atoms with van der Waals surface area (Å²) in [5.74, 6) is -1.34. The maximum atomic E-state index is 13.2. The molecule has 0 unspecified atom stereocenters. The van der Waals surface area contributed by atoms with Gasteiger partial charge in [0.1, 0.15) is 5.82 Å². The number of aliphatic carboxylic acids is 1. The first-order valence-electron chi connectivity index (χ1n) is 11.2. The summed E-state index contributed by atoms with van der Waals surface area (Å²) >= 11 is 0. The Morgan fingerprint density at radius 3 is 2.46 bits per heavy atom. The van der Waals surface area contributed by atoms with Crippen LogP contribution >= 0.6 is 0 Å². The van der Waals surface area contributed by atoms with Gasteiger partial charge in [-0.25, -0.2) is 17.5 Å². The number of hydrogen-bond acceptors (Lipinski definition) is 4. The van der Waals surface area contributed by atoms with Crippen molar-refractivity contribution in [3.63, 3.8) is 0 Å². The van der Waals surface area contributed by atoms with E-state index in [4.69, 9.17) is 5.11 Å². The molecule has 0 saturated heterocycles. The lowest BCUT2D eigenvalue weighted by atomic mass is 10.0. The van der Waals surface area contributed by atoms with Gasteiger partial charge in [0.2, 0.25) is 10.0 Å². The minimum Gasteiger partial charge on any atom is -0.481 e. The number of fused-ring (bicyclic) bond motifs is 1. The minimum absolute atomic E-state index is 0.00874. The van der Waals surface area contributed by atoms with Crippen LogP contribution in [0, 0.1) is 12.7 Å². The van der Waals surface area contributed by atoms with Gasteiger partial charge in [0.15, 0.2) is 0 Å². The van der Waals surface area contributed by atoms with Gasteiger partial charge in [-0.2, -0.15) is 0 Å². The molecule has 0 aliphatic carbocycles. The van der Waals surface area contributed by atoms with Crippen LogP contribution in [-0.2, 0) is 34.2 Å². The van der Waals surface area contributed by atoms with Gasteiger partial charge in [0.25, 0.3) is 0 Å². The average Bonchev–Trinajstić information content (AvgIpc) is 3.09. The average molecular weight is 496 g/mol. The van der Waals surface area contributed by atoms with Crippen molar-refractivity contribution in [2.45, 2.75) is 37.6 Å². The molecule has 0 bridgehead atoms. The number of pyridine rings is 1. The third-order valence-corrected chi connectivity index (χ3v) is 7.50. The van der Waals surface area contributed by atoms with Crippen molar-refractivity contribution in [2.75, 3.05) is 6.54 Å². The van der Waals surface area contributed by atoms with Gasteiger partial charge < -0.3 is 9.67 Å². The quantitative estimate of drug-likeness (QED) is 0.345. The van der Waals surface area contributed by atoms with Gasteiger partial charge in [0, 0.05) is 48.5 Å². The highest BCUT2D eigenvalue weighted by Crippen LogP contribution is 2.29. The Morgan fingerprint density at radius 1 is 1.06 bits per heavy atom. The standard InChI is InChI=1S/C26H26FN3O4S/c1-18-23(16-20-10-12-28-13-11-20)24-17-19(3-9-26(31)32)2-8-25(24)30(18)15-14-29-35(33,34)22-6-4-21(27)5-7-22/h2,4-8,10-13,17,29H,3,9,14-16H2,1H3,(H,31,32). The zero-order chi connectivity index (χ0) is 25.0. The van der Waals surface area contributed by atoms with Crippen molar-refractivity contribution < 1.29 is 22.7 Å². The van der Waals surface area contributed by atoms with Crippen molar-refractivity contribution >= 4 is 26.9 Å². The first-order valence-corrected chi connectivity index (χ1v) is 12.7. The molecule has 0 fully saturated rings. The molecule has 2 N–H and O–H groups in total. The number of rotatable bonds is 10. The Bertz CT molecular complexity index is 1450. The van der Waals surface area contributed by atoms with Gasteiger partial charge in [-0.1, -0.05) is 6.07 Å². The highest BCUT2D eigenvalue weighted by Gasteiger charge is 2.17. The van der Waals surface area contributed by atoms with Crippen molar-refractivity contribution in [3.05, 3.63) is 95.2 Å². The fourth-order valence-corrected chi connectivity index (χ4v) is 5.23. The zero-order valence-corrected chi connectivity index (χ0v) is 20.1. The van der Waals surface area contributed by atoms with E-state index in [-0.39, 0.29) is 17.9 Å². The number of hydrogen-bond donors (Lipinski definition) is 2. The maximum Gasteiger partial charge on any atom is 0.303 e. The lowest BCUT2D eigenvalue weighted by Gasteiger charge is -2.11. The molecule has 0 aliphatic heterocycles. The van der Waals surface area contributed by atoms with Crippen LogP contribution in [0.2, 0.25) is 0 Å². The van der Waals surface area contributed by atoms with Gasteiger partial charge in [-0.05, 0) is 85.0 Å². The SMILES string of the molecule is Cc1c(Cc2ccncc2)c2cc(CCC(=O)O)ccc2n1CCNS(=O)(=O)c1ccc(F)cc1. The molecule has 0 amide bonds. The molecule has 0 spiro atoms. The molecule has 2 aromatic carbocycles. The molecule has 0 radical (unpaired) electrons. The van der Waals surface area contributed by atoms with E-state index < -0.39 is 21.8 Å². The van der Waals surface area contributed by atoms with Gasteiger partial charge in [0.05, 0.1) is 4.90 Å². The number of benzene rings is 2. The summed E-state index contributed by atoms with van der Waals surface area (Å²) in [6, 6.07) is 14.5. The molecule has 2 heterocycles. The number of carboxylic acid groups (broad SMARTS) is 1. The Labute approximate surface area is 203 Å². The Balaban J connectivity index is 1.63. The van der Waals surface area contributed by atoms with E-state index in [0.717, 1.165) is 45.4 Å². The smallest absolute Gasteiger partial charge is 0.303 e. The van der Waals surface area contributed by atoms with E-state index in [2.05, 4.69) is 14.3 Å². The maximum absolute atomic E-state index is 13.2. The number of sulfonamides is 1. The normalized spacial score (nSPS) is 11.7. The fraction of sp³-hybridized carbons (Fsp3) is 0.231. The first kappa shape index (κ1) is 24.6. The van der Waals surface area contributed by atoms with Gasteiger partial charge in [-0.3, -0.25) is 9.78 Å². The molecule has 182 valence electrons. The molecule has 0 saturated carbocycles. The number of nitrogens with one attached hydrogen (secondary N) is 1. The number of nitrogens with zero attached hydrogens (tertiary/aromatic N) is 2. The number of carbonyl (C=O) groups is 1. The summed E-state index contributed by atoms with van der Waals surface area (Å²) in [6.45, 7) is 2.55. The molecule has 0 atom stereocenters. The highest BCUT2D eigenvalue weighted by molar-refractivity contribution is 7.89. The van der Waals surface area contributed by atoms with E-state index in [1.165, 1.54) is 12.1 Å². The molecule has 0 aliphatic rings. The van der Waals surface area contributed by atoms with E-state index in [9.17, 15) is 17.6 Å². The lowest BCUT2D eigenvalue weighted by molar-refractivity contribution is -0.136. The van der Waals surface area contributed by atoms with Crippen LogP contribution < -0.4 is 4.72 Å². The Kier molecular flexibility index (Phi) is 7.28. The molecule has 4 aromatic rings. The van der Waals surface area contributed by atoms with Crippen molar-refractivity contribution in [1.29, 1.82) is 0 Å². The molecule has 7 nitrogen and oxygen atoms in total. The van der Waals surface area contributed by atoms with Gasteiger partial charge in [-0.15, -0.1) is 0 Å². The van der Waals surface area contributed by atoms with Crippen LogP contribution in [0.1, 0.15) is 28.8 Å². The second kappa shape index (κ2) is 10.4. The fourth-order valence-electron chi connectivity index (χ4n) is 4.21. The summed E-state index contributed by atoms with van der Waals surface area (Å²) in [5, 5.41) is 10.1. The van der Waals surface area contributed by atoms with Crippen LogP contribution in [-0.4, -0.2) is 35.6 Å². The third kappa shape index (κ3) is 5.75. The topological polar surface area (TPSA) is 101 Å². The van der Waals surface area contributed by atoms with Crippen molar-refractivity contribution in [3.8, 4) is 0 Å². The molecule has 4 rings (SSSR count). The van der Waals surface area contributed by atoms with Gasteiger partial charge >= 0.3 is 5.97 Å². The molecular formula is C26H26FN3O4S. The summed E-state index contributed by atoms with van der Waals surface area (Å²) in [4.78, 5) is 15.1. The summed E-state index contributed by atoms with van der Waals surface area (Å²) in [7, 11) is -3.77. The molecule has 9 heteroatoms. The number of aromatic nitrogens is 2. The number of carboxylic acids is 1. The summed E-state index contributed by atoms with van der Waals surface area (Å²) in [6.07, 6.45) is 4.64. The third-order valence-electron chi connectivity index (χ3n) is 6.03. The molecule has 35 heavy (non-hydrogen) atoms. The second-order valence-electron chi connectivity index (χ2n) is 8.34. The first-order chi connectivity index (χ1) is 16.7. The lowest BCUT2D eigenvalue weighted by Crippen LogP contribution is -2.27. The summed E-state index contributed by atoms with van der Waals surface area (Å²) in [5.41, 5.74) is 5.09. The van der Waals surface area contributed by atoms with Crippen LogP contribution in [0.15, 0.2) is 71.9 Å². The van der Waals surface area contributed by atoms with E-state index >= 15 is 0 Å². The largest absolute Gasteiger partial charge is 0.481 e. The van der Waals surface area contributed by atoms with Crippen molar-refractivity contribution in [1.82, 2.24) is 14.3 Å². The molecular weight excluding hydrogens is 469 g/mol. The van der Waals surface area contributed by atoms with E-state index in [0.29, 0.717) is 19.4 Å². The minimum atomic E-state index is -3.77. The Morgan fingerprint density at radius 2 is 1.77 bits per heavy atom. The molecule has 2 aromatic heterocycles.